The maximum Gasteiger partial charge on any atom is 0.141 e. The standard InChI is InChI=1S/C24H22FN3.ClH/c1-15-19(10-11-21-24(15)28-14-27-21)17-8-6-16(7-9-17)13-26-22-12-18-4-2-3-5-20(18)23(22)25;/h2-11,14,22-23,26H,12-13H2,1H3,(H,27,28);1H/t22-,23+;/m0./s1. The average Bonchev–Trinajstić information content (AvgIpc) is 3.33. The summed E-state index contributed by atoms with van der Waals surface area (Å²) >= 11 is 0. The van der Waals surface area contributed by atoms with Gasteiger partial charge in [0.2, 0.25) is 0 Å². The minimum atomic E-state index is -0.932. The van der Waals surface area contributed by atoms with Gasteiger partial charge in [-0.1, -0.05) is 54.6 Å². The van der Waals surface area contributed by atoms with E-state index in [0.29, 0.717) is 6.54 Å². The summed E-state index contributed by atoms with van der Waals surface area (Å²) in [5.74, 6) is 0. The number of nitrogens with one attached hydrogen (secondary N) is 2. The van der Waals surface area contributed by atoms with Crippen molar-refractivity contribution in [3.8, 4) is 11.1 Å². The summed E-state index contributed by atoms with van der Waals surface area (Å²) in [5.41, 5.74) is 8.71. The summed E-state index contributed by atoms with van der Waals surface area (Å²) in [5, 5.41) is 3.40. The molecule has 0 amide bonds. The maximum atomic E-state index is 14.6. The van der Waals surface area contributed by atoms with Crippen LogP contribution in [0.1, 0.15) is 28.4 Å². The molecule has 2 N–H and O–H groups in total. The Morgan fingerprint density at radius 1 is 1.07 bits per heavy atom. The highest BCUT2D eigenvalue weighted by atomic mass is 35.5. The molecule has 148 valence electrons. The van der Waals surface area contributed by atoms with E-state index in [9.17, 15) is 4.39 Å². The summed E-state index contributed by atoms with van der Waals surface area (Å²) < 4.78 is 14.6. The highest BCUT2D eigenvalue weighted by molar-refractivity contribution is 5.86. The number of aromatic amines is 1. The second-order valence-electron chi connectivity index (χ2n) is 7.53. The number of aromatic nitrogens is 2. The molecule has 0 radical (unpaired) electrons. The summed E-state index contributed by atoms with van der Waals surface area (Å²) in [7, 11) is 0. The Bertz CT molecular complexity index is 1140. The number of imidazole rings is 1. The lowest BCUT2D eigenvalue weighted by atomic mass is 9.98. The molecule has 5 heteroatoms. The number of nitrogens with zero attached hydrogens (tertiary/aromatic N) is 1. The summed E-state index contributed by atoms with van der Waals surface area (Å²) in [6.45, 7) is 2.77. The van der Waals surface area contributed by atoms with E-state index in [1.807, 2.05) is 24.3 Å². The van der Waals surface area contributed by atoms with Crippen LogP contribution in [0.3, 0.4) is 0 Å². The van der Waals surface area contributed by atoms with Crippen molar-refractivity contribution in [1.82, 2.24) is 15.3 Å². The summed E-state index contributed by atoms with van der Waals surface area (Å²) in [6, 6.07) is 20.4. The van der Waals surface area contributed by atoms with Crippen LogP contribution in [0.25, 0.3) is 22.2 Å². The van der Waals surface area contributed by atoms with Gasteiger partial charge in [0.25, 0.3) is 0 Å². The van der Waals surface area contributed by atoms with Crippen LogP contribution in [0, 0.1) is 6.92 Å². The largest absolute Gasteiger partial charge is 0.345 e. The van der Waals surface area contributed by atoms with Crippen LogP contribution in [0.4, 0.5) is 4.39 Å². The smallest absolute Gasteiger partial charge is 0.141 e. The number of hydrogen-bond donors (Lipinski definition) is 2. The van der Waals surface area contributed by atoms with Crippen LogP contribution in [-0.4, -0.2) is 16.0 Å². The molecule has 3 nitrogen and oxygen atoms in total. The molecule has 29 heavy (non-hydrogen) atoms. The lowest BCUT2D eigenvalue weighted by Gasteiger charge is -2.15. The number of halogens is 2. The van der Waals surface area contributed by atoms with Crippen LogP contribution in [0.2, 0.25) is 0 Å². The maximum absolute atomic E-state index is 14.6. The predicted octanol–water partition coefficient (Wildman–Crippen LogP) is 5.69. The van der Waals surface area contributed by atoms with E-state index in [1.165, 1.54) is 16.7 Å². The van der Waals surface area contributed by atoms with E-state index < -0.39 is 6.17 Å². The minimum absolute atomic E-state index is 0. The monoisotopic (exact) mass is 407 g/mol. The van der Waals surface area contributed by atoms with Crippen molar-refractivity contribution in [2.75, 3.05) is 0 Å². The van der Waals surface area contributed by atoms with E-state index in [2.05, 4.69) is 58.6 Å². The van der Waals surface area contributed by atoms with Crippen LogP contribution < -0.4 is 5.32 Å². The summed E-state index contributed by atoms with van der Waals surface area (Å²) in [6.07, 6.45) is 1.55. The molecular weight excluding hydrogens is 385 g/mol. The Kier molecular flexibility index (Phi) is 5.39. The molecule has 0 fully saturated rings. The van der Waals surface area contributed by atoms with Gasteiger partial charge in [-0.25, -0.2) is 9.37 Å². The first kappa shape index (κ1) is 19.6. The molecule has 0 saturated heterocycles. The highest BCUT2D eigenvalue weighted by Crippen LogP contribution is 2.34. The third-order valence-corrected chi connectivity index (χ3v) is 5.82. The van der Waals surface area contributed by atoms with Crippen molar-refractivity contribution < 1.29 is 4.39 Å². The number of rotatable bonds is 4. The lowest BCUT2D eigenvalue weighted by Crippen LogP contribution is -2.30. The van der Waals surface area contributed by atoms with Gasteiger partial charge < -0.3 is 10.3 Å². The third kappa shape index (κ3) is 3.54. The van der Waals surface area contributed by atoms with Crippen LogP contribution in [0.15, 0.2) is 67.0 Å². The zero-order chi connectivity index (χ0) is 19.1. The molecule has 1 aromatic heterocycles. The molecule has 0 aliphatic heterocycles. The fourth-order valence-corrected chi connectivity index (χ4v) is 4.24. The number of aryl methyl sites for hydroxylation is 1. The molecule has 5 rings (SSSR count). The molecule has 0 bridgehead atoms. The van der Waals surface area contributed by atoms with E-state index in [1.54, 1.807) is 6.33 Å². The van der Waals surface area contributed by atoms with E-state index in [-0.39, 0.29) is 18.4 Å². The van der Waals surface area contributed by atoms with Gasteiger partial charge in [0.1, 0.15) is 6.17 Å². The molecular formula is C24H23ClFN3. The van der Waals surface area contributed by atoms with Crippen molar-refractivity contribution in [1.29, 1.82) is 0 Å². The number of hydrogen-bond acceptors (Lipinski definition) is 2. The van der Waals surface area contributed by atoms with Gasteiger partial charge in [-0.2, -0.15) is 0 Å². The van der Waals surface area contributed by atoms with Gasteiger partial charge >= 0.3 is 0 Å². The Balaban J connectivity index is 0.00000205. The summed E-state index contributed by atoms with van der Waals surface area (Å²) in [4.78, 5) is 7.57. The number of fused-ring (bicyclic) bond motifs is 2. The Hall–Kier alpha value is -2.69. The quantitative estimate of drug-likeness (QED) is 0.456. The zero-order valence-corrected chi connectivity index (χ0v) is 17.0. The molecule has 0 saturated carbocycles. The fraction of sp³-hybridized carbons (Fsp3) is 0.208. The van der Waals surface area contributed by atoms with Gasteiger partial charge in [0, 0.05) is 12.6 Å². The molecule has 1 aliphatic rings. The lowest BCUT2D eigenvalue weighted by molar-refractivity contribution is 0.271. The van der Waals surface area contributed by atoms with Gasteiger partial charge in [-0.15, -0.1) is 12.4 Å². The second kappa shape index (κ2) is 7.97. The number of benzene rings is 3. The van der Waals surface area contributed by atoms with Gasteiger partial charge in [0.15, 0.2) is 0 Å². The SMILES string of the molecule is Cc1c(-c2ccc(CN[C@H]3Cc4ccccc4[C@H]3F)cc2)ccc2[nH]cnc12.Cl. The second-order valence-corrected chi connectivity index (χ2v) is 7.53. The van der Waals surface area contributed by atoms with Crippen molar-refractivity contribution >= 4 is 23.4 Å². The minimum Gasteiger partial charge on any atom is -0.345 e. The van der Waals surface area contributed by atoms with E-state index in [4.69, 9.17) is 0 Å². The molecule has 0 unspecified atom stereocenters. The first-order valence-corrected chi connectivity index (χ1v) is 9.68. The number of H-pyrrole nitrogens is 1. The predicted molar refractivity (Wildman–Crippen MR) is 118 cm³/mol. The molecule has 2 atom stereocenters. The Labute approximate surface area is 175 Å². The van der Waals surface area contributed by atoms with Crippen molar-refractivity contribution in [2.45, 2.75) is 32.1 Å². The van der Waals surface area contributed by atoms with Crippen LogP contribution in [0.5, 0.6) is 0 Å². The topological polar surface area (TPSA) is 40.7 Å². The highest BCUT2D eigenvalue weighted by Gasteiger charge is 2.31. The van der Waals surface area contributed by atoms with Crippen molar-refractivity contribution in [2.24, 2.45) is 0 Å². The molecule has 1 heterocycles. The Morgan fingerprint density at radius 2 is 1.86 bits per heavy atom. The third-order valence-electron chi connectivity index (χ3n) is 5.82. The molecule has 1 aliphatic carbocycles. The van der Waals surface area contributed by atoms with Crippen LogP contribution >= 0.6 is 12.4 Å². The zero-order valence-electron chi connectivity index (χ0n) is 16.2. The van der Waals surface area contributed by atoms with E-state index >= 15 is 0 Å². The van der Waals surface area contributed by atoms with E-state index in [0.717, 1.165) is 34.1 Å². The molecule has 4 aromatic rings. The average molecular weight is 408 g/mol. The van der Waals surface area contributed by atoms with Gasteiger partial charge in [-0.3, -0.25) is 0 Å². The van der Waals surface area contributed by atoms with Gasteiger partial charge in [0.05, 0.1) is 17.4 Å². The van der Waals surface area contributed by atoms with Crippen molar-refractivity contribution in [3.63, 3.8) is 0 Å². The number of alkyl halides is 1. The fourth-order valence-electron chi connectivity index (χ4n) is 4.24. The van der Waals surface area contributed by atoms with Crippen LogP contribution in [-0.2, 0) is 13.0 Å². The normalized spacial score (nSPS) is 17.9. The molecule has 0 spiro atoms. The molecule has 3 aromatic carbocycles. The first-order chi connectivity index (χ1) is 13.7. The van der Waals surface area contributed by atoms with Gasteiger partial charge in [-0.05, 0) is 52.8 Å². The van der Waals surface area contributed by atoms with Crippen molar-refractivity contribution in [3.05, 3.63) is 89.2 Å². The Morgan fingerprint density at radius 3 is 2.66 bits per heavy atom. The first-order valence-electron chi connectivity index (χ1n) is 9.68.